The van der Waals surface area contributed by atoms with Crippen molar-refractivity contribution in [3.63, 3.8) is 0 Å². The van der Waals surface area contributed by atoms with Crippen molar-refractivity contribution < 1.29 is 9.53 Å². The molecule has 0 aliphatic carbocycles. The summed E-state index contributed by atoms with van der Waals surface area (Å²) in [4.78, 5) is 20.8. The number of carbonyl (C=O) groups is 1. The van der Waals surface area contributed by atoms with E-state index in [4.69, 9.17) is 16.3 Å². The molecule has 0 N–H and O–H groups in total. The predicted octanol–water partition coefficient (Wildman–Crippen LogP) is 4.34. The maximum atomic E-state index is 12.3. The van der Waals surface area contributed by atoms with Crippen molar-refractivity contribution in [3.05, 3.63) is 76.9 Å². The van der Waals surface area contributed by atoms with Gasteiger partial charge in [0, 0.05) is 44.3 Å². The number of fused-ring (bicyclic) bond motifs is 1. The summed E-state index contributed by atoms with van der Waals surface area (Å²) in [6, 6.07) is 17.8. The first-order valence-corrected chi connectivity index (χ1v) is 9.78. The van der Waals surface area contributed by atoms with Crippen molar-refractivity contribution in [2.24, 2.45) is 0 Å². The molecule has 0 saturated carbocycles. The monoisotopic (exact) mass is 395 g/mol. The van der Waals surface area contributed by atoms with Crippen LogP contribution in [0.1, 0.15) is 11.1 Å². The highest BCUT2D eigenvalue weighted by Gasteiger charge is 2.22. The summed E-state index contributed by atoms with van der Waals surface area (Å²) in [6.07, 6.45) is 1.49. The summed E-state index contributed by atoms with van der Waals surface area (Å²) in [5.41, 5.74) is 3.11. The zero-order valence-electron chi connectivity index (χ0n) is 15.6. The number of pyridine rings is 1. The molecule has 3 aromatic rings. The van der Waals surface area contributed by atoms with Crippen LogP contribution in [0.15, 0.2) is 60.8 Å². The van der Waals surface area contributed by atoms with Gasteiger partial charge in [-0.15, -0.1) is 0 Å². The van der Waals surface area contributed by atoms with E-state index in [0.29, 0.717) is 19.7 Å². The molecule has 0 unspecified atom stereocenters. The molecule has 1 saturated heterocycles. The average Bonchev–Trinajstić information content (AvgIpc) is 2.73. The largest absolute Gasteiger partial charge is 0.445 e. The van der Waals surface area contributed by atoms with Crippen LogP contribution in [-0.2, 0) is 17.9 Å². The Morgan fingerprint density at radius 3 is 2.57 bits per heavy atom. The van der Waals surface area contributed by atoms with Crippen LogP contribution in [0.3, 0.4) is 0 Å². The molecular weight excluding hydrogens is 374 g/mol. The van der Waals surface area contributed by atoms with Crippen LogP contribution in [0.4, 0.5) is 4.79 Å². The van der Waals surface area contributed by atoms with Crippen molar-refractivity contribution >= 4 is 28.6 Å². The van der Waals surface area contributed by atoms with Gasteiger partial charge in [0.2, 0.25) is 0 Å². The normalized spacial score (nSPS) is 15.0. The van der Waals surface area contributed by atoms with Crippen LogP contribution in [0.25, 0.3) is 10.9 Å². The van der Waals surface area contributed by atoms with Gasteiger partial charge in [-0.05, 0) is 23.3 Å². The number of hydrogen-bond acceptors (Lipinski definition) is 4. The minimum absolute atomic E-state index is 0.243. The number of halogens is 1. The van der Waals surface area contributed by atoms with Gasteiger partial charge in [0.25, 0.3) is 0 Å². The lowest BCUT2D eigenvalue weighted by Crippen LogP contribution is -2.48. The molecule has 0 atom stereocenters. The number of nitrogens with zero attached hydrogens (tertiary/aromatic N) is 3. The van der Waals surface area contributed by atoms with Gasteiger partial charge in [-0.25, -0.2) is 4.79 Å². The highest BCUT2D eigenvalue weighted by Crippen LogP contribution is 2.23. The molecule has 1 amide bonds. The Balaban J connectivity index is 1.29. The molecule has 0 spiro atoms. The number of ether oxygens (including phenoxy) is 1. The Morgan fingerprint density at radius 1 is 1.00 bits per heavy atom. The number of amides is 1. The van der Waals surface area contributed by atoms with E-state index < -0.39 is 0 Å². The number of piperazine rings is 1. The number of rotatable bonds is 4. The van der Waals surface area contributed by atoms with E-state index in [2.05, 4.69) is 22.0 Å². The van der Waals surface area contributed by atoms with Gasteiger partial charge in [-0.2, -0.15) is 0 Å². The first-order valence-electron chi connectivity index (χ1n) is 9.40. The second-order valence-corrected chi connectivity index (χ2v) is 7.35. The zero-order valence-corrected chi connectivity index (χ0v) is 16.3. The molecule has 1 aromatic heterocycles. The molecule has 0 bridgehead atoms. The third-order valence-corrected chi connectivity index (χ3v) is 5.33. The van der Waals surface area contributed by atoms with Crippen LogP contribution in [0.2, 0.25) is 5.02 Å². The van der Waals surface area contributed by atoms with Crippen molar-refractivity contribution in [2.45, 2.75) is 13.2 Å². The Labute approximate surface area is 169 Å². The SMILES string of the molecule is O=C(OCc1ccccc1)N1CCN(Cc2ccc3c(Cl)ccnc3c2)CC1. The van der Waals surface area contributed by atoms with E-state index in [1.54, 1.807) is 17.2 Å². The standard InChI is InChI=1S/C22H22ClN3O2/c23-20-8-9-24-21-14-18(6-7-19(20)21)15-25-10-12-26(13-11-25)22(27)28-16-17-4-2-1-3-5-17/h1-9,14H,10-13,15-16H2. The van der Waals surface area contributed by atoms with Crippen molar-refractivity contribution in [2.75, 3.05) is 26.2 Å². The van der Waals surface area contributed by atoms with E-state index in [1.807, 2.05) is 36.4 Å². The summed E-state index contributed by atoms with van der Waals surface area (Å²) in [6.45, 7) is 4.13. The minimum atomic E-state index is -0.243. The van der Waals surface area contributed by atoms with Gasteiger partial charge in [0.15, 0.2) is 0 Å². The lowest BCUT2D eigenvalue weighted by molar-refractivity contribution is 0.0700. The third kappa shape index (κ3) is 4.43. The number of carbonyl (C=O) groups excluding carboxylic acids is 1. The van der Waals surface area contributed by atoms with Gasteiger partial charge >= 0.3 is 6.09 Å². The molecule has 5 nitrogen and oxygen atoms in total. The fraction of sp³-hybridized carbons (Fsp3) is 0.273. The predicted molar refractivity (Wildman–Crippen MR) is 110 cm³/mol. The van der Waals surface area contributed by atoms with Gasteiger partial charge in [0.05, 0.1) is 10.5 Å². The van der Waals surface area contributed by atoms with Crippen LogP contribution in [-0.4, -0.2) is 47.1 Å². The maximum Gasteiger partial charge on any atom is 0.410 e. The number of hydrogen-bond donors (Lipinski definition) is 0. The fourth-order valence-corrected chi connectivity index (χ4v) is 3.63. The molecule has 1 aliphatic rings. The second kappa shape index (κ2) is 8.59. The summed E-state index contributed by atoms with van der Waals surface area (Å²) in [5, 5.41) is 1.69. The van der Waals surface area contributed by atoms with E-state index in [0.717, 1.165) is 41.1 Å². The molecule has 6 heteroatoms. The summed E-state index contributed by atoms with van der Waals surface area (Å²) >= 11 is 6.21. The lowest BCUT2D eigenvalue weighted by Gasteiger charge is -2.34. The average molecular weight is 396 g/mol. The molecule has 0 radical (unpaired) electrons. The fourth-order valence-electron chi connectivity index (χ4n) is 3.41. The van der Waals surface area contributed by atoms with Crippen molar-refractivity contribution in [1.82, 2.24) is 14.8 Å². The van der Waals surface area contributed by atoms with Crippen molar-refractivity contribution in [3.8, 4) is 0 Å². The van der Waals surface area contributed by atoms with Gasteiger partial charge in [-0.3, -0.25) is 9.88 Å². The van der Waals surface area contributed by atoms with E-state index in [9.17, 15) is 4.79 Å². The second-order valence-electron chi connectivity index (χ2n) is 6.95. The minimum Gasteiger partial charge on any atom is -0.445 e. The van der Waals surface area contributed by atoms with E-state index in [-0.39, 0.29) is 6.09 Å². The molecule has 1 fully saturated rings. The van der Waals surface area contributed by atoms with Crippen LogP contribution in [0.5, 0.6) is 0 Å². The van der Waals surface area contributed by atoms with Gasteiger partial charge in [-0.1, -0.05) is 54.1 Å². The number of benzene rings is 2. The van der Waals surface area contributed by atoms with Crippen LogP contribution >= 0.6 is 11.6 Å². The molecule has 28 heavy (non-hydrogen) atoms. The van der Waals surface area contributed by atoms with Crippen LogP contribution in [0, 0.1) is 0 Å². The number of aromatic nitrogens is 1. The summed E-state index contributed by atoms with van der Waals surface area (Å²) < 4.78 is 5.43. The van der Waals surface area contributed by atoms with Gasteiger partial charge in [0.1, 0.15) is 6.61 Å². The lowest BCUT2D eigenvalue weighted by atomic mass is 10.1. The topological polar surface area (TPSA) is 45.7 Å². The molecule has 2 aromatic carbocycles. The van der Waals surface area contributed by atoms with Crippen molar-refractivity contribution in [1.29, 1.82) is 0 Å². The zero-order chi connectivity index (χ0) is 19.3. The Hall–Kier alpha value is -2.63. The third-order valence-electron chi connectivity index (χ3n) is 5.00. The Kier molecular flexibility index (Phi) is 5.74. The first-order chi connectivity index (χ1) is 13.7. The maximum absolute atomic E-state index is 12.3. The summed E-state index contributed by atoms with van der Waals surface area (Å²) in [7, 11) is 0. The Bertz CT molecular complexity index is 956. The molecule has 1 aliphatic heterocycles. The smallest absolute Gasteiger partial charge is 0.410 e. The quantitative estimate of drug-likeness (QED) is 0.659. The first kappa shape index (κ1) is 18.7. The van der Waals surface area contributed by atoms with E-state index >= 15 is 0 Å². The highest BCUT2D eigenvalue weighted by molar-refractivity contribution is 6.35. The highest BCUT2D eigenvalue weighted by atomic mass is 35.5. The van der Waals surface area contributed by atoms with E-state index in [1.165, 1.54) is 5.56 Å². The Morgan fingerprint density at radius 2 is 1.79 bits per heavy atom. The molecule has 144 valence electrons. The van der Waals surface area contributed by atoms with Crippen LogP contribution < -0.4 is 0 Å². The molecular formula is C22H22ClN3O2. The molecule has 2 heterocycles. The summed E-state index contributed by atoms with van der Waals surface area (Å²) in [5.74, 6) is 0. The van der Waals surface area contributed by atoms with Gasteiger partial charge < -0.3 is 9.64 Å². The molecule has 4 rings (SSSR count).